The average Bonchev–Trinajstić information content (AvgIpc) is 2.42. The number of benzene rings is 1. The number of amides is 2. The number of anilines is 3. The number of carbonyl (C=O) groups excluding carboxylic acids is 2. The molecule has 108 valence electrons. The van der Waals surface area contributed by atoms with Crippen molar-refractivity contribution < 1.29 is 9.59 Å². The monoisotopic (exact) mass is 284 g/mol. The number of nitrogens with zero attached hydrogens (tertiary/aromatic N) is 1. The second-order valence-corrected chi connectivity index (χ2v) is 4.64. The summed E-state index contributed by atoms with van der Waals surface area (Å²) in [4.78, 5) is 27.1. The number of aryl methyl sites for hydroxylation is 1. The summed E-state index contributed by atoms with van der Waals surface area (Å²) in [6, 6.07) is 8.46. The Morgan fingerprint density at radius 3 is 2.52 bits per heavy atom. The number of rotatable bonds is 3. The third kappa shape index (κ3) is 3.79. The summed E-state index contributed by atoms with van der Waals surface area (Å²) in [5, 5.41) is 5.44. The molecule has 6 heteroatoms. The third-order valence-electron chi connectivity index (χ3n) is 2.83. The summed E-state index contributed by atoms with van der Waals surface area (Å²) in [6.07, 6.45) is 1.43. The van der Waals surface area contributed by atoms with E-state index >= 15 is 0 Å². The van der Waals surface area contributed by atoms with Crippen molar-refractivity contribution in [1.29, 1.82) is 0 Å². The van der Waals surface area contributed by atoms with E-state index in [1.165, 1.54) is 13.1 Å². The number of nitrogens with one attached hydrogen (secondary N) is 2. The molecule has 0 fully saturated rings. The van der Waals surface area contributed by atoms with Crippen LogP contribution in [-0.4, -0.2) is 16.8 Å². The summed E-state index contributed by atoms with van der Waals surface area (Å²) in [5.74, 6) is -0.505. The highest BCUT2D eigenvalue weighted by Crippen LogP contribution is 2.21. The first-order valence-corrected chi connectivity index (χ1v) is 6.37. The van der Waals surface area contributed by atoms with Gasteiger partial charge in [0.1, 0.15) is 5.69 Å². The summed E-state index contributed by atoms with van der Waals surface area (Å²) in [5.41, 5.74) is 8.42. The number of nitrogens with two attached hydrogens (primary N) is 1. The van der Waals surface area contributed by atoms with E-state index in [0.717, 1.165) is 5.56 Å². The van der Waals surface area contributed by atoms with E-state index in [2.05, 4.69) is 15.6 Å². The molecule has 21 heavy (non-hydrogen) atoms. The zero-order valence-electron chi connectivity index (χ0n) is 11.8. The number of pyridine rings is 1. The van der Waals surface area contributed by atoms with Gasteiger partial charge in [-0.3, -0.25) is 9.59 Å². The van der Waals surface area contributed by atoms with Gasteiger partial charge in [0.15, 0.2) is 0 Å². The molecule has 6 nitrogen and oxygen atoms in total. The fourth-order valence-electron chi connectivity index (χ4n) is 1.76. The Morgan fingerprint density at radius 2 is 1.90 bits per heavy atom. The van der Waals surface area contributed by atoms with Crippen LogP contribution in [0.3, 0.4) is 0 Å². The second-order valence-electron chi connectivity index (χ2n) is 4.64. The molecule has 0 atom stereocenters. The Labute approximate surface area is 122 Å². The fourth-order valence-corrected chi connectivity index (χ4v) is 1.76. The predicted molar refractivity (Wildman–Crippen MR) is 82.1 cm³/mol. The molecule has 0 saturated carbocycles. The molecule has 0 unspecified atom stereocenters. The van der Waals surface area contributed by atoms with E-state index in [4.69, 9.17) is 5.73 Å². The molecule has 1 aromatic heterocycles. The number of aromatic nitrogens is 1. The van der Waals surface area contributed by atoms with Crippen LogP contribution in [-0.2, 0) is 4.79 Å². The van der Waals surface area contributed by atoms with Crippen molar-refractivity contribution in [2.75, 3.05) is 16.4 Å². The van der Waals surface area contributed by atoms with Crippen LogP contribution in [0.1, 0.15) is 23.0 Å². The molecule has 4 N–H and O–H groups in total. The minimum absolute atomic E-state index is 0.170. The zero-order valence-corrected chi connectivity index (χ0v) is 11.8. The van der Waals surface area contributed by atoms with Crippen molar-refractivity contribution in [1.82, 2.24) is 4.98 Å². The van der Waals surface area contributed by atoms with Crippen LogP contribution >= 0.6 is 0 Å². The second kappa shape index (κ2) is 6.04. The van der Waals surface area contributed by atoms with Crippen molar-refractivity contribution >= 4 is 28.9 Å². The van der Waals surface area contributed by atoms with Crippen LogP contribution in [0.4, 0.5) is 17.1 Å². The van der Waals surface area contributed by atoms with E-state index in [1.807, 2.05) is 13.0 Å². The fraction of sp³-hybridized carbons (Fsp3) is 0.133. The predicted octanol–water partition coefficient (Wildman–Crippen LogP) is 2.18. The molecule has 1 heterocycles. The number of hydrogen-bond donors (Lipinski definition) is 3. The first-order chi connectivity index (χ1) is 9.95. The van der Waals surface area contributed by atoms with Crippen molar-refractivity contribution in [3.8, 4) is 0 Å². The lowest BCUT2D eigenvalue weighted by atomic mass is 10.1. The maximum atomic E-state index is 12.1. The lowest BCUT2D eigenvalue weighted by Gasteiger charge is -2.10. The third-order valence-corrected chi connectivity index (χ3v) is 2.83. The van der Waals surface area contributed by atoms with Gasteiger partial charge in [-0.25, -0.2) is 4.98 Å². The number of hydrogen-bond acceptors (Lipinski definition) is 4. The molecule has 0 bridgehead atoms. The summed E-state index contributed by atoms with van der Waals surface area (Å²) in [7, 11) is 0. The van der Waals surface area contributed by atoms with E-state index in [0.29, 0.717) is 17.1 Å². The van der Waals surface area contributed by atoms with Gasteiger partial charge in [-0.05, 0) is 36.8 Å². The molecule has 0 aliphatic heterocycles. The standard InChI is InChI=1S/C15H16N4O2/c1-9-3-5-12(18-10(2)20)7-14(9)19-15(21)13-6-4-11(16)8-17-13/h3-8H,16H2,1-2H3,(H,18,20)(H,19,21). The Hall–Kier alpha value is -2.89. The topological polar surface area (TPSA) is 97.1 Å². The van der Waals surface area contributed by atoms with E-state index < -0.39 is 0 Å². The van der Waals surface area contributed by atoms with Gasteiger partial charge >= 0.3 is 0 Å². The van der Waals surface area contributed by atoms with E-state index in [9.17, 15) is 9.59 Å². The molecule has 2 rings (SSSR count). The smallest absolute Gasteiger partial charge is 0.274 e. The summed E-state index contributed by atoms with van der Waals surface area (Å²) >= 11 is 0. The van der Waals surface area contributed by atoms with Crippen molar-refractivity contribution in [2.24, 2.45) is 0 Å². The Kier molecular flexibility index (Phi) is 4.18. The molecule has 0 saturated heterocycles. The van der Waals surface area contributed by atoms with Crippen LogP contribution in [0.15, 0.2) is 36.5 Å². The Bertz CT molecular complexity index is 681. The van der Waals surface area contributed by atoms with Gasteiger partial charge in [-0.15, -0.1) is 0 Å². The highest BCUT2D eigenvalue weighted by atomic mass is 16.2. The van der Waals surface area contributed by atoms with Gasteiger partial charge in [0.2, 0.25) is 5.91 Å². The minimum Gasteiger partial charge on any atom is -0.397 e. The first kappa shape index (κ1) is 14.5. The highest BCUT2D eigenvalue weighted by Gasteiger charge is 2.10. The lowest BCUT2D eigenvalue weighted by Crippen LogP contribution is -2.15. The molecule has 2 aromatic rings. The van der Waals surface area contributed by atoms with Crippen LogP contribution in [0.5, 0.6) is 0 Å². The van der Waals surface area contributed by atoms with E-state index in [-0.39, 0.29) is 17.5 Å². The zero-order chi connectivity index (χ0) is 15.4. The molecule has 2 amide bonds. The van der Waals surface area contributed by atoms with Crippen LogP contribution in [0, 0.1) is 6.92 Å². The molecular weight excluding hydrogens is 268 g/mol. The van der Waals surface area contributed by atoms with Gasteiger partial charge < -0.3 is 16.4 Å². The van der Waals surface area contributed by atoms with Crippen LogP contribution in [0.2, 0.25) is 0 Å². The van der Waals surface area contributed by atoms with Gasteiger partial charge in [0, 0.05) is 18.3 Å². The van der Waals surface area contributed by atoms with Gasteiger partial charge in [-0.2, -0.15) is 0 Å². The van der Waals surface area contributed by atoms with Crippen LogP contribution in [0.25, 0.3) is 0 Å². The molecule has 0 radical (unpaired) electrons. The lowest BCUT2D eigenvalue weighted by molar-refractivity contribution is -0.114. The van der Waals surface area contributed by atoms with Crippen molar-refractivity contribution in [2.45, 2.75) is 13.8 Å². The minimum atomic E-state index is -0.335. The Morgan fingerprint density at radius 1 is 1.14 bits per heavy atom. The normalized spacial score (nSPS) is 10.0. The maximum absolute atomic E-state index is 12.1. The maximum Gasteiger partial charge on any atom is 0.274 e. The van der Waals surface area contributed by atoms with Gasteiger partial charge in [-0.1, -0.05) is 6.07 Å². The average molecular weight is 284 g/mol. The largest absolute Gasteiger partial charge is 0.397 e. The first-order valence-electron chi connectivity index (χ1n) is 6.37. The molecular formula is C15H16N4O2. The van der Waals surface area contributed by atoms with Crippen molar-refractivity contribution in [3.63, 3.8) is 0 Å². The van der Waals surface area contributed by atoms with E-state index in [1.54, 1.807) is 24.3 Å². The number of nitrogen functional groups attached to an aromatic ring is 1. The summed E-state index contributed by atoms with van der Waals surface area (Å²) in [6.45, 7) is 3.29. The SMILES string of the molecule is CC(=O)Nc1ccc(C)c(NC(=O)c2ccc(N)cn2)c1. The quantitative estimate of drug-likeness (QED) is 0.804. The van der Waals surface area contributed by atoms with Gasteiger partial charge in [0.05, 0.1) is 11.9 Å². The molecule has 0 aliphatic carbocycles. The van der Waals surface area contributed by atoms with Crippen molar-refractivity contribution in [3.05, 3.63) is 47.8 Å². The number of carbonyl (C=O) groups is 2. The molecule has 1 aromatic carbocycles. The Balaban J connectivity index is 2.20. The molecule has 0 spiro atoms. The highest BCUT2D eigenvalue weighted by molar-refractivity contribution is 6.03. The summed E-state index contributed by atoms with van der Waals surface area (Å²) < 4.78 is 0. The van der Waals surface area contributed by atoms with Crippen LogP contribution < -0.4 is 16.4 Å². The van der Waals surface area contributed by atoms with Gasteiger partial charge in [0.25, 0.3) is 5.91 Å². The molecule has 0 aliphatic rings.